The van der Waals surface area contributed by atoms with Crippen LogP contribution >= 0.6 is 24.0 Å². The van der Waals surface area contributed by atoms with Crippen molar-refractivity contribution in [2.75, 3.05) is 32.7 Å². The van der Waals surface area contributed by atoms with Gasteiger partial charge < -0.3 is 20.9 Å². The molecule has 0 saturated carbocycles. The van der Waals surface area contributed by atoms with Crippen molar-refractivity contribution in [1.29, 1.82) is 0 Å². The van der Waals surface area contributed by atoms with Crippen molar-refractivity contribution in [3.05, 3.63) is 0 Å². The number of halogens is 1. The third-order valence-corrected chi connectivity index (χ3v) is 4.19. The molecule has 2 amide bonds. The van der Waals surface area contributed by atoms with Gasteiger partial charge in [0, 0.05) is 44.1 Å². The molecule has 1 heterocycles. The van der Waals surface area contributed by atoms with Gasteiger partial charge in [-0.15, -0.1) is 24.0 Å². The number of carbonyl (C=O) groups excluding carboxylic acids is 2. The van der Waals surface area contributed by atoms with Crippen LogP contribution in [0.3, 0.4) is 0 Å². The summed E-state index contributed by atoms with van der Waals surface area (Å²) in [7, 11) is 0. The second kappa shape index (κ2) is 13.2. The van der Waals surface area contributed by atoms with Crippen LogP contribution < -0.4 is 16.0 Å². The maximum Gasteiger partial charge on any atom is 0.225 e. The first-order valence-corrected chi connectivity index (χ1v) is 9.46. The lowest BCUT2D eigenvalue weighted by Gasteiger charge is -2.34. The average molecular weight is 481 g/mol. The van der Waals surface area contributed by atoms with Gasteiger partial charge in [-0.1, -0.05) is 27.7 Å². The van der Waals surface area contributed by atoms with E-state index in [0.717, 1.165) is 38.4 Å². The van der Waals surface area contributed by atoms with E-state index in [4.69, 9.17) is 0 Å². The molecular weight excluding hydrogens is 445 g/mol. The molecule has 7 nitrogen and oxygen atoms in total. The van der Waals surface area contributed by atoms with Crippen LogP contribution in [0, 0.1) is 11.8 Å². The Bertz CT molecular complexity index is 460. The predicted octanol–water partition coefficient (Wildman–Crippen LogP) is 1.58. The predicted molar refractivity (Wildman–Crippen MR) is 117 cm³/mol. The molecule has 1 aliphatic rings. The van der Waals surface area contributed by atoms with Crippen LogP contribution in [0.2, 0.25) is 0 Å². The molecule has 0 radical (unpaired) electrons. The molecule has 1 aliphatic heterocycles. The number of hydrogen-bond acceptors (Lipinski definition) is 3. The van der Waals surface area contributed by atoms with Crippen LogP contribution in [-0.4, -0.2) is 61.4 Å². The topological polar surface area (TPSA) is 85.8 Å². The molecule has 0 aliphatic carbocycles. The van der Waals surface area contributed by atoms with Gasteiger partial charge in [-0.2, -0.15) is 0 Å². The number of aliphatic imine (C=N–C) groups is 1. The first kappa shape index (κ1) is 24.9. The van der Waals surface area contributed by atoms with Gasteiger partial charge in [0.1, 0.15) is 0 Å². The summed E-state index contributed by atoms with van der Waals surface area (Å²) < 4.78 is 0. The lowest BCUT2D eigenvalue weighted by molar-refractivity contribution is -0.135. The third-order valence-electron chi connectivity index (χ3n) is 4.19. The summed E-state index contributed by atoms with van der Waals surface area (Å²) in [6, 6.07) is 0.319. The van der Waals surface area contributed by atoms with E-state index in [2.05, 4.69) is 20.9 Å². The van der Waals surface area contributed by atoms with Gasteiger partial charge >= 0.3 is 0 Å². The smallest absolute Gasteiger partial charge is 0.225 e. The lowest BCUT2D eigenvalue weighted by Crippen LogP contribution is -2.50. The number of amides is 2. The Kier molecular flexibility index (Phi) is 12.6. The van der Waals surface area contributed by atoms with Crippen molar-refractivity contribution in [3.8, 4) is 0 Å². The van der Waals surface area contributed by atoms with E-state index in [1.54, 1.807) is 0 Å². The van der Waals surface area contributed by atoms with Crippen molar-refractivity contribution >= 4 is 41.8 Å². The summed E-state index contributed by atoms with van der Waals surface area (Å²) in [5, 5.41) is 9.55. The highest BCUT2D eigenvalue weighted by Crippen LogP contribution is 2.13. The van der Waals surface area contributed by atoms with Gasteiger partial charge in [-0.25, -0.2) is 0 Å². The SMILES string of the molecule is CCNC(=NCCNC(=O)C(C)C)NC1CCN(C(=O)C(C)C)CC1.I. The van der Waals surface area contributed by atoms with Crippen LogP contribution in [0.4, 0.5) is 0 Å². The maximum absolute atomic E-state index is 12.0. The summed E-state index contributed by atoms with van der Waals surface area (Å²) in [5.41, 5.74) is 0. The third kappa shape index (κ3) is 9.05. The Morgan fingerprint density at radius 1 is 1.08 bits per heavy atom. The van der Waals surface area contributed by atoms with Gasteiger partial charge in [-0.05, 0) is 19.8 Å². The van der Waals surface area contributed by atoms with Crippen LogP contribution in [0.1, 0.15) is 47.5 Å². The molecule has 26 heavy (non-hydrogen) atoms. The standard InChI is InChI=1S/C18H35N5O2.HI/c1-6-19-18(21-10-9-20-16(24)13(2)3)22-15-7-11-23(12-8-15)17(25)14(4)5;/h13-15H,6-12H2,1-5H3,(H,20,24)(H2,19,21,22);1H. The van der Waals surface area contributed by atoms with Gasteiger partial charge in [-0.3, -0.25) is 14.6 Å². The molecule has 1 rings (SSSR count). The Balaban J connectivity index is 0.00000625. The molecule has 3 N–H and O–H groups in total. The molecule has 0 atom stereocenters. The highest BCUT2D eigenvalue weighted by molar-refractivity contribution is 14.0. The van der Waals surface area contributed by atoms with Gasteiger partial charge in [0.2, 0.25) is 11.8 Å². The quantitative estimate of drug-likeness (QED) is 0.223. The number of carbonyl (C=O) groups is 2. The molecule has 0 aromatic rings. The fraction of sp³-hybridized carbons (Fsp3) is 0.833. The minimum atomic E-state index is -0.00549. The van der Waals surface area contributed by atoms with Crippen LogP contribution in [0.25, 0.3) is 0 Å². The largest absolute Gasteiger partial charge is 0.357 e. The summed E-state index contributed by atoms with van der Waals surface area (Å²) in [6.07, 6.45) is 1.85. The highest BCUT2D eigenvalue weighted by Gasteiger charge is 2.24. The van der Waals surface area contributed by atoms with Gasteiger partial charge in [0.15, 0.2) is 5.96 Å². The van der Waals surface area contributed by atoms with E-state index in [9.17, 15) is 9.59 Å². The minimum absolute atomic E-state index is 0. The van der Waals surface area contributed by atoms with Gasteiger partial charge in [0.05, 0.1) is 6.54 Å². The fourth-order valence-electron chi connectivity index (χ4n) is 2.67. The minimum Gasteiger partial charge on any atom is -0.357 e. The zero-order valence-electron chi connectivity index (χ0n) is 16.8. The molecule has 0 aromatic heterocycles. The number of piperidine rings is 1. The van der Waals surface area contributed by atoms with E-state index in [0.29, 0.717) is 19.1 Å². The van der Waals surface area contributed by atoms with E-state index >= 15 is 0 Å². The molecule has 1 fully saturated rings. The zero-order chi connectivity index (χ0) is 18.8. The summed E-state index contributed by atoms with van der Waals surface area (Å²) in [5.74, 6) is 1.11. The second-order valence-electron chi connectivity index (χ2n) is 7.10. The first-order valence-electron chi connectivity index (χ1n) is 9.46. The van der Waals surface area contributed by atoms with Gasteiger partial charge in [0.25, 0.3) is 0 Å². The average Bonchev–Trinajstić information content (AvgIpc) is 2.58. The summed E-state index contributed by atoms with van der Waals surface area (Å²) in [6.45, 7) is 13.1. The van der Waals surface area contributed by atoms with Crippen molar-refractivity contribution in [1.82, 2.24) is 20.9 Å². The second-order valence-corrected chi connectivity index (χ2v) is 7.10. The first-order chi connectivity index (χ1) is 11.8. The molecule has 152 valence electrons. The molecule has 0 spiro atoms. The molecular formula is C18H36IN5O2. The van der Waals surface area contributed by atoms with E-state index in [1.165, 1.54) is 0 Å². The summed E-state index contributed by atoms with van der Waals surface area (Å²) >= 11 is 0. The van der Waals surface area contributed by atoms with E-state index in [-0.39, 0.29) is 47.6 Å². The summed E-state index contributed by atoms with van der Waals surface area (Å²) in [4.78, 5) is 30.1. The number of nitrogens with zero attached hydrogens (tertiary/aromatic N) is 2. The number of rotatable bonds is 7. The van der Waals surface area contributed by atoms with Crippen molar-refractivity contribution < 1.29 is 9.59 Å². The molecule has 0 aromatic carbocycles. The zero-order valence-corrected chi connectivity index (χ0v) is 19.1. The lowest BCUT2D eigenvalue weighted by atomic mass is 10.0. The van der Waals surface area contributed by atoms with Crippen molar-refractivity contribution in [3.63, 3.8) is 0 Å². The molecule has 8 heteroatoms. The van der Waals surface area contributed by atoms with Crippen molar-refractivity contribution in [2.24, 2.45) is 16.8 Å². The van der Waals surface area contributed by atoms with Crippen LogP contribution in [0.5, 0.6) is 0 Å². The van der Waals surface area contributed by atoms with E-state index < -0.39 is 0 Å². The molecule has 1 saturated heterocycles. The van der Waals surface area contributed by atoms with Crippen LogP contribution in [0.15, 0.2) is 4.99 Å². The maximum atomic E-state index is 12.0. The number of likely N-dealkylation sites (tertiary alicyclic amines) is 1. The number of hydrogen-bond donors (Lipinski definition) is 3. The molecule has 0 bridgehead atoms. The Labute approximate surface area is 175 Å². The van der Waals surface area contributed by atoms with Crippen LogP contribution in [-0.2, 0) is 9.59 Å². The Morgan fingerprint density at radius 2 is 1.69 bits per heavy atom. The number of guanidine groups is 1. The van der Waals surface area contributed by atoms with E-state index in [1.807, 2.05) is 39.5 Å². The fourth-order valence-corrected chi connectivity index (χ4v) is 2.67. The van der Waals surface area contributed by atoms with Crippen molar-refractivity contribution in [2.45, 2.75) is 53.5 Å². The monoisotopic (exact) mass is 481 g/mol. The Morgan fingerprint density at radius 3 is 2.19 bits per heavy atom. The Hall–Kier alpha value is -1.06. The normalized spacial score (nSPS) is 15.7. The number of nitrogens with one attached hydrogen (secondary N) is 3. The molecule has 0 unspecified atom stereocenters. The highest BCUT2D eigenvalue weighted by atomic mass is 127.